The molecule has 2 atom stereocenters. The summed E-state index contributed by atoms with van der Waals surface area (Å²) >= 11 is 0. The van der Waals surface area contributed by atoms with E-state index in [1.165, 1.54) is 12.1 Å². The van der Waals surface area contributed by atoms with E-state index in [4.69, 9.17) is 13.7 Å². The first-order chi connectivity index (χ1) is 12.9. The third kappa shape index (κ3) is 4.04. The number of nitrogens with zero attached hydrogens (tertiary/aromatic N) is 1. The monoisotopic (exact) mass is 387 g/mol. The van der Waals surface area contributed by atoms with Gasteiger partial charge in [-0.2, -0.15) is 13.7 Å². The van der Waals surface area contributed by atoms with Crippen LogP contribution in [0.2, 0.25) is 0 Å². The average molecular weight is 387 g/mol. The lowest BCUT2D eigenvalue weighted by molar-refractivity contribution is -0.181. The quantitative estimate of drug-likeness (QED) is 0.707. The molecule has 142 valence electrons. The topological polar surface area (TPSA) is 85.6 Å². The molecule has 3 rings (SSSR count). The Kier molecular flexibility index (Phi) is 5.63. The van der Waals surface area contributed by atoms with Crippen molar-refractivity contribution >= 4 is 10.1 Å². The van der Waals surface area contributed by atoms with E-state index in [0.717, 1.165) is 5.56 Å². The van der Waals surface area contributed by atoms with Gasteiger partial charge in [-0.1, -0.05) is 42.8 Å². The van der Waals surface area contributed by atoms with Gasteiger partial charge < -0.3 is 9.47 Å². The summed E-state index contributed by atoms with van der Waals surface area (Å²) < 4.78 is 41.7. The molecule has 0 saturated carbocycles. The Hall–Kier alpha value is -2.24. The maximum Gasteiger partial charge on any atom is 0.297 e. The van der Waals surface area contributed by atoms with Crippen molar-refractivity contribution in [3.63, 3.8) is 0 Å². The average Bonchev–Trinajstić information content (AvgIpc) is 3.11. The second kappa shape index (κ2) is 7.79. The Morgan fingerprint density at radius 3 is 2.59 bits per heavy atom. The van der Waals surface area contributed by atoms with Crippen LogP contribution in [0, 0.1) is 18.3 Å². The largest absolute Gasteiger partial charge is 0.343 e. The molecule has 0 spiro atoms. The number of hydrogen-bond donors (Lipinski definition) is 0. The van der Waals surface area contributed by atoms with Crippen molar-refractivity contribution in [1.29, 1.82) is 5.26 Å². The normalized spacial score (nSPS) is 22.5. The summed E-state index contributed by atoms with van der Waals surface area (Å²) in [5, 5.41) is 9.35. The number of benzene rings is 2. The van der Waals surface area contributed by atoms with Crippen LogP contribution >= 0.6 is 0 Å². The molecule has 6 nitrogen and oxygen atoms in total. The van der Waals surface area contributed by atoms with Crippen LogP contribution in [0.25, 0.3) is 0 Å². The zero-order valence-electron chi connectivity index (χ0n) is 15.2. The Morgan fingerprint density at radius 2 is 1.93 bits per heavy atom. The molecule has 27 heavy (non-hydrogen) atoms. The van der Waals surface area contributed by atoms with Gasteiger partial charge in [-0.15, -0.1) is 0 Å². The van der Waals surface area contributed by atoms with E-state index in [-0.39, 0.29) is 18.1 Å². The predicted octanol–water partition coefficient (Wildman–Crippen LogP) is 3.25. The van der Waals surface area contributed by atoms with Gasteiger partial charge in [0, 0.05) is 12.0 Å². The molecule has 1 aliphatic rings. The maximum atomic E-state index is 12.3. The molecule has 1 heterocycles. The van der Waals surface area contributed by atoms with Gasteiger partial charge in [-0.05, 0) is 25.1 Å². The number of hydrogen-bond acceptors (Lipinski definition) is 6. The highest BCUT2D eigenvalue weighted by molar-refractivity contribution is 7.86. The molecule has 7 heteroatoms. The molecule has 0 aromatic heterocycles. The van der Waals surface area contributed by atoms with E-state index in [1.807, 2.05) is 19.9 Å². The second-order valence-corrected chi connectivity index (χ2v) is 7.98. The number of rotatable bonds is 6. The lowest BCUT2D eigenvalue weighted by Crippen LogP contribution is -2.29. The fourth-order valence-corrected chi connectivity index (χ4v) is 3.95. The third-order valence-corrected chi connectivity index (χ3v) is 5.80. The predicted molar refractivity (Wildman–Crippen MR) is 98.3 cm³/mol. The summed E-state index contributed by atoms with van der Waals surface area (Å²) in [6.07, 6.45) is -0.0793. The molecule has 0 unspecified atom stereocenters. The molecule has 0 N–H and O–H groups in total. The maximum absolute atomic E-state index is 12.3. The second-order valence-electron chi connectivity index (χ2n) is 6.37. The molecule has 1 saturated heterocycles. The molecule has 1 aliphatic heterocycles. The van der Waals surface area contributed by atoms with Crippen molar-refractivity contribution in [3.05, 3.63) is 65.2 Å². The van der Waals surface area contributed by atoms with E-state index < -0.39 is 22.0 Å². The van der Waals surface area contributed by atoms with Crippen molar-refractivity contribution in [3.8, 4) is 6.07 Å². The highest BCUT2D eigenvalue weighted by atomic mass is 32.2. The minimum absolute atomic E-state index is 0.101. The Labute approximate surface area is 159 Å². The Morgan fingerprint density at radius 1 is 1.22 bits per heavy atom. The Bertz CT molecular complexity index is 949. The van der Waals surface area contributed by atoms with E-state index >= 15 is 0 Å². The van der Waals surface area contributed by atoms with Gasteiger partial charge in [0.2, 0.25) is 0 Å². The summed E-state index contributed by atoms with van der Waals surface area (Å²) in [5.41, 5.74) is 2.07. The minimum Gasteiger partial charge on any atom is -0.343 e. The number of nitriles is 1. The van der Waals surface area contributed by atoms with E-state index in [9.17, 15) is 13.7 Å². The molecule has 2 aromatic carbocycles. The number of aryl methyl sites for hydroxylation is 1. The van der Waals surface area contributed by atoms with Crippen LogP contribution in [-0.2, 0) is 29.6 Å². The zero-order valence-corrected chi connectivity index (χ0v) is 16.0. The molecule has 0 amide bonds. The van der Waals surface area contributed by atoms with Crippen LogP contribution in [0.5, 0.6) is 0 Å². The molecule has 0 radical (unpaired) electrons. The molecular weight excluding hydrogens is 366 g/mol. The van der Waals surface area contributed by atoms with Crippen molar-refractivity contribution in [2.24, 2.45) is 0 Å². The molecule has 1 fully saturated rings. The standard InChI is InChI=1S/C20H21NO5S/c1-3-20(19-7-5-4-6-16(19)12-21)24-13-17(26-20)14-25-27(22,23)18-10-8-15(2)9-11-18/h4-11,17H,3,13-14H2,1-2H3/t17-,20+/m1/s1. The van der Waals surface area contributed by atoms with Crippen molar-refractivity contribution in [2.75, 3.05) is 13.2 Å². The zero-order chi connectivity index (χ0) is 19.5. The highest BCUT2D eigenvalue weighted by Gasteiger charge is 2.43. The lowest BCUT2D eigenvalue weighted by atomic mass is 9.98. The first-order valence-electron chi connectivity index (χ1n) is 8.67. The van der Waals surface area contributed by atoms with Crippen LogP contribution in [0.3, 0.4) is 0 Å². The van der Waals surface area contributed by atoms with Crippen LogP contribution in [-0.4, -0.2) is 27.7 Å². The minimum atomic E-state index is -3.87. The summed E-state index contributed by atoms with van der Waals surface area (Å²) in [4.78, 5) is 0.101. The molecule has 0 aliphatic carbocycles. The smallest absolute Gasteiger partial charge is 0.297 e. The van der Waals surface area contributed by atoms with E-state index in [0.29, 0.717) is 17.5 Å². The van der Waals surface area contributed by atoms with E-state index in [2.05, 4.69) is 6.07 Å². The third-order valence-electron chi connectivity index (χ3n) is 4.50. The van der Waals surface area contributed by atoms with E-state index in [1.54, 1.807) is 30.3 Å². The fraction of sp³-hybridized carbons (Fsp3) is 0.350. The van der Waals surface area contributed by atoms with Gasteiger partial charge in [0.15, 0.2) is 5.79 Å². The van der Waals surface area contributed by atoms with Gasteiger partial charge in [0.25, 0.3) is 10.1 Å². The van der Waals surface area contributed by atoms with Crippen LogP contribution in [0.15, 0.2) is 53.4 Å². The molecular formula is C20H21NO5S. The Balaban J connectivity index is 1.72. The van der Waals surface area contributed by atoms with Crippen molar-refractivity contribution in [2.45, 2.75) is 37.1 Å². The van der Waals surface area contributed by atoms with Crippen molar-refractivity contribution in [1.82, 2.24) is 0 Å². The van der Waals surface area contributed by atoms with Gasteiger partial charge in [0.1, 0.15) is 6.10 Å². The highest BCUT2D eigenvalue weighted by Crippen LogP contribution is 2.39. The summed E-state index contributed by atoms with van der Waals surface area (Å²) in [5.74, 6) is -1.08. The van der Waals surface area contributed by atoms with Crippen LogP contribution in [0.1, 0.15) is 30.0 Å². The molecule has 0 bridgehead atoms. The number of ether oxygens (including phenoxy) is 2. The first-order valence-corrected chi connectivity index (χ1v) is 10.1. The van der Waals surface area contributed by atoms with Gasteiger partial charge in [-0.25, -0.2) is 0 Å². The van der Waals surface area contributed by atoms with Crippen LogP contribution < -0.4 is 0 Å². The van der Waals surface area contributed by atoms with Gasteiger partial charge in [0.05, 0.1) is 29.7 Å². The first kappa shape index (κ1) is 19.5. The summed E-state index contributed by atoms with van der Waals surface area (Å²) in [6, 6.07) is 15.7. The molecule has 2 aromatic rings. The summed E-state index contributed by atoms with van der Waals surface area (Å²) in [7, 11) is -3.87. The fourth-order valence-electron chi connectivity index (χ4n) is 3.02. The SMILES string of the molecule is CC[C@]1(c2ccccc2C#N)OC[C@H](COS(=O)(=O)c2ccc(C)cc2)O1. The van der Waals surface area contributed by atoms with Gasteiger partial charge in [-0.3, -0.25) is 4.18 Å². The van der Waals surface area contributed by atoms with Gasteiger partial charge >= 0.3 is 0 Å². The summed E-state index contributed by atoms with van der Waals surface area (Å²) in [6.45, 7) is 3.79. The van der Waals surface area contributed by atoms with Crippen molar-refractivity contribution < 1.29 is 22.1 Å². The van der Waals surface area contributed by atoms with Crippen LogP contribution in [0.4, 0.5) is 0 Å². The lowest BCUT2D eigenvalue weighted by Gasteiger charge is -2.28.